The zero-order valence-electron chi connectivity index (χ0n) is 8.62. The minimum Gasteiger partial charge on any atom is -0.326 e. The van der Waals surface area contributed by atoms with Gasteiger partial charge in [0, 0.05) is 13.0 Å². The van der Waals surface area contributed by atoms with Gasteiger partial charge >= 0.3 is 0 Å². The molecule has 0 amide bonds. The minimum atomic E-state index is -0.214. The van der Waals surface area contributed by atoms with Gasteiger partial charge in [0.15, 0.2) is 5.97 Å². The molecule has 1 aliphatic heterocycles. The van der Waals surface area contributed by atoms with Crippen molar-refractivity contribution in [1.82, 2.24) is 0 Å². The van der Waals surface area contributed by atoms with Gasteiger partial charge in [-0.3, -0.25) is 4.99 Å². The highest BCUT2D eigenvalue weighted by atomic mass is 19.1. The lowest BCUT2D eigenvalue weighted by Gasteiger charge is -2.17. The SMILES string of the molecule is NCc1ccc(C2CCCC(F)=N2)cc1. The van der Waals surface area contributed by atoms with Crippen LogP contribution in [0.25, 0.3) is 0 Å². The topological polar surface area (TPSA) is 38.4 Å². The Morgan fingerprint density at radius 3 is 2.67 bits per heavy atom. The predicted molar refractivity (Wildman–Crippen MR) is 59.5 cm³/mol. The first-order valence-corrected chi connectivity index (χ1v) is 5.30. The summed E-state index contributed by atoms with van der Waals surface area (Å²) in [6.07, 6.45) is 2.32. The molecule has 15 heavy (non-hydrogen) atoms. The summed E-state index contributed by atoms with van der Waals surface area (Å²) in [5, 5.41) is 0. The van der Waals surface area contributed by atoms with Gasteiger partial charge < -0.3 is 5.73 Å². The van der Waals surface area contributed by atoms with E-state index in [1.807, 2.05) is 24.3 Å². The van der Waals surface area contributed by atoms with Gasteiger partial charge in [0.25, 0.3) is 0 Å². The van der Waals surface area contributed by atoms with Gasteiger partial charge in [-0.1, -0.05) is 24.3 Å². The minimum absolute atomic E-state index is 0.00516. The van der Waals surface area contributed by atoms with Crippen molar-refractivity contribution in [2.24, 2.45) is 10.7 Å². The third-order valence-electron chi connectivity index (χ3n) is 2.76. The number of benzene rings is 1. The van der Waals surface area contributed by atoms with Crippen molar-refractivity contribution in [2.45, 2.75) is 31.8 Å². The van der Waals surface area contributed by atoms with Crippen molar-refractivity contribution < 1.29 is 4.39 Å². The van der Waals surface area contributed by atoms with Crippen LogP contribution >= 0.6 is 0 Å². The maximum atomic E-state index is 13.0. The summed E-state index contributed by atoms with van der Waals surface area (Å²) >= 11 is 0. The van der Waals surface area contributed by atoms with E-state index in [1.54, 1.807) is 0 Å². The van der Waals surface area contributed by atoms with E-state index in [0.29, 0.717) is 13.0 Å². The zero-order chi connectivity index (χ0) is 10.7. The Bertz CT molecular complexity index is 356. The number of halogens is 1. The summed E-state index contributed by atoms with van der Waals surface area (Å²) in [7, 11) is 0. The summed E-state index contributed by atoms with van der Waals surface area (Å²) < 4.78 is 13.0. The van der Waals surface area contributed by atoms with E-state index in [2.05, 4.69) is 4.99 Å². The van der Waals surface area contributed by atoms with Crippen molar-refractivity contribution in [3.63, 3.8) is 0 Å². The number of hydrogen-bond donors (Lipinski definition) is 1. The van der Waals surface area contributed by atoms with Crippen molar-refractivity contribution in [3.05, 3.63) is 35.4 Å². The maximum absolute atomic E-state index is 13.0. The largest absolute Gasteiger partial charge is 0.326 e. The molecule has 0 saturated carbocycles. The van der Waals surface area contributed by atoms with E-state index in [9.17, 15) is 4.39 Å². The van der Waals surface area contributed by atoms with Crippen LogP contribution in [0.2, 0.25) is 0 Å². The Morgan fingerprint density at radius 1 is 1.33 bits per heavy atom. The van der Waals surface area contributed by atoms with Crippen molar-refractivity contribution in [2.75, 3.05) is 0 Å². The highest BCUT2D eigenvalue weighted by molar-refractivity contribution is 5.75. The van der Waals surface area contributed by atoms with E-state index in [1.165, 1.54) is 0 Å². The highest BCUT2D eigenvalue weighted by Crippen LogP contribution is 2.28. The second kappa shape index (κ2) is 4.53. The lowest BCUT2D eigenvalue weighted by molar-refractivity contribution is 0.556. The van der Waals surface area contributed by atoms with Gasteiger partial charge in [-0.2, -0.15) is 4.39 Å². The first-order chi connectivity index (χ1) is 7.29. The fourth-order valence-electron chi connectivity index (χ4n) is 1.86. The molecule has 0 aliphatic carbocycles. The molecule has 2 rings (SSSR count). The standard InChI is InChI=1S/C12H15FN2/c13-12-3-1-2-11(15-12)10-6-4-9(8-14)5-7-10/h4-7,11H,1-3,8,14H2. The first kappa shape index (κ1) is 10.3. The van der Waals surface area contributed by atoms with Crippen molar-refractivity contribution in [3.8, 4) is 0 Å². The third kappa shape index (κ3) is 2.42. The van der Waals surface area contributed by atoms with E-state index >= 15 is 0 Å². The van der Waals surface area contributed by atoms with E-state index < -0.39 is 0 Å². The number of nitrogens with zero attached hydrogens (tertiary/aromatic N) is 1. The quantitative estimate of drug-likeness (QED) is 0.793. The first-order valence-electron chi connectivity index (χ1n) is 5.30. The van der Waals surface area contributed by atoms with Crippen LogP contribution in [-0.4, -0.2) is 5.97 Å². The van der Waals surface area contributed by atoms with Gasteiger partial charge in [-0.05, 0) is 24.0 Å². The van der Waals surface area contributed by atoms with Crippen LogP contribution in [0, 0.1) is 0 Å². The Morgan fingerprint density at radius 2 is 2.07 bits per heavy atom. The molecule has 1 unspecified atom stereocenters. The van der Waals surface area contributed by atoms with Gasteiger partial charge in [0.05, 0.1) is 6.04 Å². The molecule has 1 aromatic carbocycles. The summed E-state index contributed by atoms with van der Waals surface area (Å²) in [5.41, 5.74) is 7.69. The van der Waals surface area contributed by atoms with E-state index in [0.717, 1.165) is 24.0 Å². The second-order valence-corrected chi connectivity index (χ2v) is 3.86. The monoisotopic (exact) mass is 206 g/mol. The fraction of sp³-hybridized carbons (Fsp3) is 0.417. The van der Waals surface area contributed by atoms with Crippen LogP contribution in [0.4, 0.5) is 4.39 Å². The average molecular weight is 206 g/mol. The molecule has 3 heteroatoms. The zero-order valence-corrected chi connectivity index (χ0v) is 8.62. The summed E-state index contributed by atoms with van der Waals surface area (Å²) in [6.45, 7) is 0.544. The number of hydrogen-bond acceptors (Lipinski definition) is 2. The molecule has 1 aliphatic rings. The molecule has 0 fully saturated rings. The number of nitrogens with two attached hydrogens (primary N) is 1. The number of aliphatic imine (C=N–C) groups is 1. The summed E-state index contributed by atoms with van der Waals surface area (Å²) in [4.78, 5) is 4.03. The average Bonchev–Trinajstić information content (AvgIpc) is 2.29. The molecule has 0 bridgehead atoms. The lowest BCUT2D eigenvalue weighted by Crippen LogP contribution is -2.06. The fourth-order valence-corrected chi connectivity index (χ4v) is 1.86. The van der Waals surface area contributed by atoms with Crippen LogP contribution < -0.4 is 5.73 Å². The van der Waals surface area contributed by atoms with Crippen LogP contribution in [0.15, 0.2) is 29.3 Å². The van der Waals surface area contributed by atoms with Crippen LogP contribution in [0.3, 0.4) is 0 Å². The van der Waals surface area contributed by atoms with Crippen molar-refractivity contribution >= 4 is 5.97 Å². The molecular weight excluding hydrogens is 191 g/mol. The van der Waals surface area contributed by atoms with E-state index in [-0.39, 0.29) is 12.0 Å². The van der Waals surface area contributed by atoms with Crippen LogP contribution in [0.5, 0.6) is 0 Å². The summed E-state index contributed by atoms with van der Waals surface area (Å²) in [6, 6.07) is 7.96. The molecule has 0 radical (unpaired) electrons. The third-order valence-corrected chi connectivity index (χ3v) is 2.76. The Hall–Kier alpha value is -1.22. The van der Waals surface area contributed by atoms with Gasteiger partial charge in [-0.15, -0.1) is 0 Å². The summed E-state index contributed by atoms with van der Waals surface area (Å²) in [5.74, 6) is -0.214. The molecule has 0 saturated heterocycles. The number of rotatable bonds is 2. The molecule has 0 aromatic heterocycles. The predicted octanol–water partition coefficient (Wildman–Crippen LogP) is 2.74. The Kier molecular flexibility index (Phi) is 3.11. The van der Waals surface area contributed by atoms with Crippen molar-refractivity contribution in [1.29, 1.82) is 0 Å². The van der Waals surface area contributed by atoms with Crippen LogP contribution in [-0.2, 0) is 6.54 Å². The smallest absolute Gasteiger partial charge is 0.185 e. The normalized spacial score (nSPS) is 21.2. The second-order valence-electron chi connectivity index (χ2n) is 3.86. The molecule has 1 heterocycles. The molecule has 1 aromatic rings. The van der Waals surface area contributed by atoms with Gasteiger partial charge in [-0.25, -0.2) is 0 Å². The van der Waals surface area contributed by atoms with Crippen LogP contribution in [0.1, 0.15) is 36.4 Å². The van der Waals surface area contributed by atoms with E-state index in [4.69, 9.17) is 5.73 Å². The molecular formula is C12H15FN2. The highest BCUT2D eigenvalue weighted by Gasteiger charge is 2.16. The Labute approximate surface area is 89.0 Å². The molecule has 2 nitrogen and oxygen atoms in total. The molecule has 80 valence electrons. The molecule has 0 spiro atoms. The van der Waals surface area contributed by atoms with Gasteiger partial charge in [0.2, 0.25) is 0 Å². The van der Waals surface area contributed by atoms with Gasteiger partial charge in [0.1, 0.15) is 0 Å². The lowest BCUT2D eigenvalue weighted by atomic mass is 9.98. The molecule has 1 atom stereocenters. The maximum Gasteiger partial charge on any atom is 0.185 e. The molecule has 2 N–H and O–H groups in total. The Balaban J connectivity index is 2.18.